The van der Waals surface area contributed by atoms with Gasteiger partial charge in [-0.3, -0.25) is 9.59 Å². The second-order valence-electron chi connectivity index (χ2n) is 3.70. The molecular formula is C12H13NO3. The summed E-state index contributed by atoms with van der Waals surface area (Å²) in [5.74, 6) is 0.582. The van der Waals surface area contributed by atoms with E-state index in [0.717, 1.165) is 17.5 Å². The van der Waals surface area contributed by atoms with E-state index < -0.39 is 0 Å². The maximum absolute atomic E-state index is 11.5. The molecule has 4 heteroatoms. The number of anilines is 1. The fourth-order valence-electron chi connectivity index (χ4n) is 1.88. The molecule has 4 nitrogen and oxygen atoms in total. The van der Waals surface area contributed by atoms with Crippen LogP contribution in [0.1, 0.15) is 22.8 Å². The molecule has 1 aliphatic heterocycles. The van der Waals surface area contributed by atoms with Crippen LogP contribution in [0, 0.1) is 0 Å². The third-order valence-corrected chi connectivity index (χ3v) is 2.72. The fraction of sp³-hybridized carbons (Fsp3) is 0.333. The maximum Gasteiger partial charge on any atom is 0.231 e. The van der Waals surface area contributed by atoms with Crippen molar-refractivity contribution >= 4 is 17.9 Å². The first kappa shape index (κ1) is 10.7. The van der Waals surface area contributed by atoms with Gasteiger partial charge >= 0.3 is 0 Å². The number of rotatable bonds is 3. The van der Waals surface area contributed by atoms with Gasteiger partial charge in [0.05, 0.1) is 24.3 Å². The smallest absolute Gasteiger partial charge is 0.231 e. The highest BCUT2D eigenvalue weighted by Gasteiger charge is 2.25. The molecular weight excluding hydrogens is 206 g/mol. The van der Waals surface area contributed by atoms with Gasteiger partial charge < -0.3 is 9.64 Å². The van der Waals surface area contributed by atoms with Crippen molar-refractivity contribution in [1.29, 1.82) is 0 Å². The van der Waals surface area contributed by atoms with Crippen LogP contribution >= 0.6 is 0 Å². The lowest BCUT2D eigenvalue weighted by molar-refractivity contribution is -0.117. The molecule has 2 rings (SSSR count). The van der Waals surface area contributed by atoms with Gasteiger partial charge in [0, 0.05) is 13.1 Å². The third kappa shape index (κ3) is 1.56. The van der Waals surface area contributed by atoms with Crippen LogP contribution in [0.25, 0.3) is 0 Å². The molecule has 84 valence electrons. The molecule has 0 spiro atoms. The van der Waals surface area contributed by atoms with Gasteiger partial charge in [0.25, 0.3) is 0 Å². The number of carbonyl (C=O) groups excluding carboxylic acids is 2. The summed E-state index contributed by atoms with van der Waals surface area (Å²) in [6, 6.07) is 3.49. The predicted molar refractivity (Wildman–Crippen MR) is 60.1 cm³/mol. The predicted octanol–water partition coefficient (Wildman–Crippen LogP) is 1.42. The molecule has 1 heterocycles. The Labute approximate surface area is 93.8 Å². The van der Waals surface area contributed by atoms with E-state index in [0.29, 0.717) is 24.3 Å². The number of likely N-dealkylation sites (N-methyl/N-ethyl adjacent to an activating group) is 1. The Morgan fingerprint density at radius 2 is 2.25 bits per heavy atom. The summed E-state index contributed by atoms with van der Waals surface area (Å²) >= 11 is 0. The molecule has 1 aliphatic rings. The molecule has 0 fully saturated rings. The first-order valence-corrected chi connectivity index (χ1v) is 5.18. The summed E-state index contributed by atoms with van der Waals surface area (Å²) < 4.78 is 5.37. The van der Waals surface area contributed by atoms with Gasteiger partial charge in [0.1, 0.15) is 5.75 Å². The van der Waals surface area contributed by atoms with Crippen LogP contribution in [-0.2, 0) is 11.2 Å². The topological polar surface area (TPSA) is 46.6 Å². The Bertz CT molecular complexity index is 454. The van der Waals surface area contributed by atoms with Gasteiger partial charge in [-0.2, -0.15) is 0 Å². The number of hydrogen-bond donors (Lipinski definition) is 0. The Kier molecular flexibility index (Phi) is 2.64. The zero-order valence-electron chi connectivity index (χ0n) is 9.32. The van der Waals surface area contributed by atoms with E-state index in [2.05, 4.69) is 0 Å². The van der Waals surface area contributed by atoms with Crippen LogP contribution in [0.3, 0.4) is 0 Å². The van der Waals surface area contributed by atoms with Gasteiger partial charge in [0.15, 0.2) is 6.29 Å². The molecule has 0 atom stereocenters. The minimum atomic E-state index is 0.0421. The van der Waals surface area contributed by atoms with Crippen molar-refractivity contribution in [3.63, 3.8) is 0 Å². The van der Waals surface area contributed by atoms with Gasteiger partial charge in [0.2, 0.25) is 5.91 Å². The molecule has 16 heavy (non-hydrogen) atoms. The Hall–Kier alpha value is -1.84. The standard InChI is InChI=1S/C12H13NO3/c1-3-16-11-6-10-8(4-9(11)7-14)5-12(15)13(10)2/h4,6-7H,3,5H2,1-2H3. The van der Waals surface area contributed by atoms with Crippen molar-refractivity contribution in [3.8, 4) is 5.75 Å². The third-order valence-electron chi connectivity index (χ3n) is 2.72. The van der Waals surface area contributed by atoms with Crippen LogP contribution < -0.4 is 9.64 Å². The van der Waals surface area contributed by atoms with Crippen molar-refractivity contribution in [2.45, 2.75) is 13.3 Å². The Morgan fingerprint density at radius 3 is 2.88 bits per heavy atom. The highest BCUT2D eigenvalue weighted by molar-refractivity contribution is 6.02. The number of fused-ring (bicyclic) bond motifs is 1. The van der Waals surface area contributed by atoms with Crippen molar-refractivity contribution in [1.82, 2.24) is 0 Å². The number of hydrogen-bond acceptors (Lipinski definition) is 3. The van der Waals surface area contributed by atoms with Crippen molar-refractivity contribution < 1.29 is 14.3 Å². The molecule has 0 saturated carbocycles. The molecule has 0 unspecified atom stereocenters. The molecule has 0 saturated heterocycles. The zero-order valence-corrected chi connectivity index (χ0v) is 9.32. The molecule has 1 aromatic carbocycles. The molecule has 1 aromatic rings. The molecule has 0 N–H and O–H groups in total. The van der Waals surface area contributed by atoms with Crippen LogP contribution in [0.15, 0.2) is 12.1 Å². The van der Waals surface area contributed by atoms with Crippen molar-refractivity contribution in [3.05, 3.63) is 23.3 Å². The highest BCUT2D eigenvalue weighted by Crippen LogP contribution is 2.33. The van der Waals surface area contributed by atoms with E-state index in [1.165, 1.54) is 0 Å². The molecule has 0 bridgehead atoms. The number of carbonyl (C=O) groups is 2. The summed E-state index contributed by atoms with van der Waals surface area (Å²) in [5.41, 5.74) is 2.22. The van der Waals surface area contributed by atoms with E-state index in [1.54, 1.807) is 24.1 Å². The van der Waals surface area contributed by atoms with E-state index in [-0.39, 0.29) is 5.91 Å². The molecule has 1 amide bonds. The maximum atomic E-state index is 11.5. The van der Waals surface area contributed by atoms with Crippen LogP contribution in [0.2, 0.25) is 0 Å². The number of ether oxygens (including phenoxy) is 1. The van der Waals surface area contributed by atoms with Crippen LogP contribution in [0.5, 0.6) is 5.75 Å². The Balaban J connectivity index is 2.50. The lowest BCUT2D eigenvalue weighted by Crippen LogP contribution is -2.20. The summed E-state index contributed by atoms with van der Waals surface area (Å²) in [6.07, 6.45) is 1.12. The quantitative estimate of drug-likeness (QED) is 0.722. The van der Waals surface area contributed by atoms with Gasteiger partial charge in [-0.15, -0.1) is 0 Å². The number of benzene rings is 1. The van der Waals surface area contributed by atoms with Crippen molar-refractivity contribution in [2.75, 3.05) is 18.6 Å². The zero-order chi connectivity index (χ0) is 11.7. The summed E-state index contributed by atoms with van der Waals surface area (Å²) in [7, 11) is 1.73. The van der Waals surface area contributed by atoms with Gasteiger partial charge in [-0.1, -0.05) is 0 Å². The molecule has 0 aliphatic carbocycles. The van der Waals surface area contributed by atoms with E-state index in [9.17, 15) is 9.59 Å². The minimum Gasteiger partial charge on any atom is -0.493 e. The lowest BCUT2D eigenvalue weighted by Gasteiger charge is -2.13. The summed E-state index contributed by atoms with van der Waals surface area (Å²) in [5, 5.41) is 0. The van der Waals surface area contributed by atoms with Crippen molar-refractivity contribution in [2.24, 2.45) is 0 Å². The minimum absolute atomic E-state index is 0.0421. The lowest BCUT2D eigenvalue weighted by atomic mass is 10.1. The number of aldehydes is 1. The average Bonchev–Trinajstić information content (AvgIpc) is 2.55. The van der Waals surface area contributed by atoms with E-state index in [1.807, 2.05) is 6.92 Å². The second-order valence-corrected chi connectivity index (χ2v) is 3.70. The monoisotopic (exact) mass is 219 g/mol. The van der Waals surface area contributed by atoms with E-state index >= 15 is 0 Å². The number of amides is 1. The first-order valence-electron chi connectivity index (χ1n) is 5.18. The van der Waals surface area contributed by atoms with E-state index in [4.69, 9.17) is 4.74 Å². The Morgan fingerprint density at radius 1 is 1.50 bits per heavy atom. The highest BCUT2D eigenvalue weighted by atomic mass is 16.5. The number of nitrogens with zero attached hydrogens (tertiary/aromatic N) is 1. The molecule has 0 radical (unpaired) electrons. The van der Waals surface area contributed by atoms with Gasteiger partial charge in [-0.25, -0.2) is 0 Å². The molecule has 0 aromatic heterocycles. The second kappa shape index (κ2) is 3.96. The van der Waals surface area contributed by atoms with Crippen LogP contribution in [0.4, 0.5) is 5.69 Å². The van der Waals surface area contributed by atoms with Crippen LogP contribution in [-0.4, -0.2) is 25.8 Å². The first-order chi connectivity index (χ1) is 7.67. The summed E-state index contributed by atoms with van der Waals surface area (Å²) in [4.78, 5) is 24.0. The SMILES string of the molecule is CCOc1cc2c(cc1C=O)CC(=O)N2C. The normalized spacial score (nSPS) is 13.9. The summed E-state index contributed by atoms with van der Waals surface area (Å²) in [6.45, 7) is 2.36. The fourth-order valence-corrected chi connectivity index (χ4v) is 1.88. The largest absolute Gasteiger partial charge is 0.493 e. The van der Waals surface area contributed by atoms with Gasteiger partial charge in [-0.05, 0) is 18.6 Å². The average molecular weight is 219 g/mol.